The van der Waals surface area contributed by atoms with Crippen LogP contribution in [0, 0.1) is 11.7 Å². The molecular formula is C26H21FN4O. The van der Waals surface area contributed by atoms with Gasteiger partial charge >= 0.3 is 0 Å². The number of aromatic nitrogens is 1. The summed E-state index contributed by atoms with van der Waals surface area (Å²) in [6.45, 7) is 0. The Morgan fingerprint density at radius 1 is 1.06 bits per heavy atom. The van der Waals surface area contributed by atoms with E-state index in [0.29, 0.717) is 6.42 Å². The molecule has 5 rings (SSSR count). The largest absolute Gasteiger partial charge is 0.321 e. The molecule has 3 N–H and O–H groups in total. The molecule has 1 saturated carbocycles. The van der Waals surface area contributed by atoms with Crippen LogP contribution in [-0.4, -0.2) is 17.1 Å². The zero-order valence-electron chi connectivity index (χ0n) is 17.2. The highest BCUT2D eigenvalue weighted by atomic mass is 19.1. The minimum Gasteiger partial charge on any atom is -0.321 e. The number of nitrogens with zero attached hydrogens (tertiary/aromatic N) is 2. The van der Waals surface area contributed by atoms with Gasteiger partial charge in [0.1, 0.15) is 5.82 Å². The third kappa shape index (κ3) is 3.76. The first-order valence-electron chi connectivity index (χ1n) is 10.4. The number of nitrogens with one attached hydrogen (secondary N) is 1. The normalized spacial score (nSPS) is 19.9. The Kier molecular flexibility index (Phi) is 4.99. The Labute approximate surface area is 184 Å². The standard InChI is InChI=1S/C26H21FN4O/c27-22-10-6-18(7-11-22)17-4-8-21(9-5-17)26(28)14-24(26)25(32)31-30-16-20-3-1-2-19-15-29-13-12-23(19)20/h1-13,15-16,24H,14,28H2,(H,31,32)/b30-16+. The summed E-state index contributed by atoms with van der Waals surface area (Å²) >= 11 is 0. The maximum Gasteiger partial charge on any atom is 0.245 e. The first-order valence-corrected chi connectivity index (χ1v) is 10.4. The van der Waals surface area contributed by atoms with E-state index in [4.69, 9.17) is 5.73 Å². The van der Waals surface area contributed by atoms with Crippen molar-refractivity contribution in [1.82, 2.24) is 10.4 Å². The van der Waals surface area contributed by atoms with Crippen molar-refractivity contribution in [2.75, 3.05) is 0 Å². The van der Waals surface area contributed by atoms with Crippen molar-refractivity contribution < 1.29 is 9.18 Å². The number of carbonyl (C=O) groups is 1. The fourth-order valence-corrected chi connectivity index (χ4v) is 4.04. The van der Waals surface area contributed by atoms with Gasteiger partial charge in [0, 0.05) is 23.3 Å². The lowest BCUT2D eigenvalue weighted by Crippen LogP contribution is -2.30. The molecule has 0 bridgehead atoms. The molecule has 1 aliphatic carbocycles. The zero-order chi connectivity index (χ0) is 22.1. The van der Waals surface area contributed by atoms with E-state index in [-0.39, 0.29) is 17.6 Å². The monoisotopic (exact) mass is 424 g/mol. The summed E-state index contributed by atoms with van der Waals surface area (Å²) in [7, 11) is 0. The summed E-state index contributed by atoms with van der Waals surface area (Å²) in [5.41, 5.74) is 12.1. The van der Waals surface area contributed by atoms with E-state index >= 15 is 0 Å². The summed E-state index contributed by atoms with van der Waals surface area (Å²) in [6.07, 6.45) is 5.72. The smallest absolute Gasteiger partial charge is 0.245 e. The lowest BCUT2D eigenvalue weighted by atomic mass is 9.98. The molecule has 32 heavy (non-hydrogen) atoms. The van der Waals surface area contributed by atoms with Gasteiger partial charge < -0.3 is 5.73 Å². The molecule has 1 fully saturated rings. The van der Waals surface area contributed by atoms with Crippen molar-refractivity contribution >= 4 is 22.9 Å². The van der Waals surface area contributed by atoms with Crippen LogP contribution in [0.5, 0.6) is 0 Å². The van der Waals surface area contributed by atoms with Gasteiger partial charge in [-0.1, -0.05) is 54.6 Å². The van der Waals surface area contributed by atoms with Crippen molar-refractivity contribution in [2.24, 2.45) is 16.8 Å². The van der Waals surface area contributed by atoms with Crippen LogP contribution < -0.4 is 11.2 Å². The first-order chi connectivity index (χ1) is 15.5. The van der Waals surface area contributed by atoms with Crippen molar-refractivity contribution in [2.45, 2.75) is 12.0 Å². The number of pyridine rings is 1. The van der Waals surface area contributed by atoms with Gasteiger partial charge in [-0.3, -0.25) is 9.78 Å². The topological polar surface area (TPSA) is 80.4 Å². The van der Waals surface area contributed by atoms with Crippen molar-refractivity contribution in [1.29, 1.82) is 0 Å². The van der Waals surface area contributed by atoms with E-state index in [1.165, 1.54) is 12.1 Å². The average Bonchev–Trinajstić information content (AvgIpc) is 3.53. The molecule has 1 aromatic heterocycles. The zero-order valence-corrected chi connectivity index (χ0v) is 17.2. The van der Waals surface area contributed by atoms with Gasteiger partial charge in [0.25, 0.3) is 0 Å². The van der Waals surface area contributed by atoms with Crippen LogP contribution in [0.2, 0.25) is 0 Å². The van der Waals surface area contributed by atoms with E-state index < -0.39 is 5.54 Å². The van der Waals surface area contributed by atoms with Gasteiger partial charge in [0.15, 0.2) is 0 Å². The van der Waals surface area contributed by atoms with E-state index in [1.807, 2.05) is 48.5 Å². The van der Waals surface area contributed by atoms with Crippen LogP contribution in [0.1, 0.15) is 17.5 Å². The summed E-state index contributed by atoms with van der Waals surface area (Å²) in [5.74, 6) is -0.806. The van der Waals surface area contributed by atoms with Crippen LogP contribution in [0.25, 0.3) is 21.9 Å². The van der Waals surface area contributed by atoms with Gasteiger partial charge in [-0.05, 0) is 46.7 Å². The molecule has 1 aliphatic rings. The van der Waals surface area contributed by atoms with Gasteiger partial charge in [-0.2, -0.15) is 5.10 Å². The third-order valence-corrected chi connectivity index (χ3v) is 6.01. The summed E-state index contributed by atoms with van der Waals surface area (Å²) in [4.78, 5) is 16.7. The highest BCUT2D eigenvalue weighted by molar-refractivity contribution is 5.99. The maximum absolute atomic E-state index is 13.1. The van der Waals surface area contributed by atoms with Gasteiger partial charge in [0.05, 0.1) is 17.7 Å². The van der Waals surface area contributed by atoms with Crippen LogP contribution in [0.3, 0.4) is 0 Å². The number of fused-ring (bicyclic) bond motifs is 1. The minimum absolute atomic E-state index is 0.201. The molecule has 1 heterocycles. The van der Waals surface area contributed by atoms with Gasteiger partial charge in [-0.15, -0.1) is 0 Å². The number of halogens is 1. The molecule has 2 atom stereocenters. The number of amides is 1. The molecule has 6 heteroatoms. The second kappa shape index (κ2) is 7.98. The van der Waals surface area contributed by atoms with E-state index in [9.17, 15) is 9.18 Å². The summed E-state index contributed by atoms with van der Waals surface area (Å²) in [6, 6.07) is 21.8. The lowest BCUT2D eigenvalue weighted by molar-refractivity contribution is -0.122. The van der Waals surface area contributed by atoms with E-state index in [2.05, 4.69) is 15.5 Å². The second-order valence-electron chi connectivity index (χ2n) is 8.06. The molecule has 4 aromatic rings. The SMILES string of the molecule is NC1(c2ccc(-c3ccc(F)cc3)cc2)CC1C(=O)N/N=C/c1cccc2cnccc12. The van der Waals surface area contributed by atoms with Crippen molar-refractivity contribution in [3.8, 4) is 11.1 Å². The van der Waals surface area contributed by atoms with E-state index in [1.54, 1.807) is 30.7 Å². The molecule has 0 radical (unpaired) electrons. The predicted octanol–water partition coefficient (Wildman–Crippen LogP) is 4.37. The molecule has 2 unspecified atom stereocenters. The highest BCUT2D eigenvalue weighted by Gasteiger charge is 2.56. The fraction of sp³-hybridized carbons (Fsp3) is 0.115. The van der Waals surface area contributed by atoms with Gasteiger partial charge in [-0.25, -0.2) is 9.82 Å². The van der Waals surface area contributed by atoms with Crippen LogP contribution in [0.4, 0.5) is 4.39 Å². The maximum atomic E-state index is 13.1. The predicted molar refractivity (Wildman–Crippen MR) is 123 cm³/mol. The number of hydrazone groups is 1. The van der Waals surface area contributed by atoms with E-state index in [0.717, 1.165) is 33.0 Å². The Morgan fingerprint density at radius 3 is 2.53 bits per heavy atom. The number of hydrogen-bond acceptors (Lipinski definition) is 4. The summed E-state index contributed by atoms with van der Waals surface area (Å²) in [5, 5.41) is 6.17. The molecule has 0 saturated heterocycles. The first kappa shape index (κ1) is 20.0. The molecule has 0 aliphatic heterocycles. The Morgan fingerprint density at radius 2 is 1.78 bits per heavy atom. The van der Waals surface area contributed by atoms with Crippen LogP contribution in [0.15, 0.2) is 90.3 Å². The molecular weight excluding hydrogens is 403 g/mol. The quantitative estimate of drug-likeness (QED) is 0.369. The van der Waals surface area contributed by atoms with Gasteiger partial charge in [0.2, 0.25) is 5.91 Å². The van der Waals surface area contributed by atoms with Crippen LogP contribution in [-0.2, 0) is 10.3 Å². The number of hydrogen-bond donors (Lipinski definition) is 2. The third-order valence-electron chi connectivity index (χ3n) is 6.01. The molecule has 5 nitrogen and oxygen atoms in total. The number of rotatable bonds is 5. The molecule has 3 aromatic carbocycles. The Bertz CT molecular complexity index is 1310. The number of carbonyl (C=O) groups excluding carboxylic acids is 1. The van der Waals surface area contributed by atoms with Crippen molar-refractivity contribution in [3.05, 3.63) is 102 Å². The molecule has 1 amide bonds. The summed E-state index contributed by atoms with van der Waals surface area (Å²) < 4.78 is 13.1. The lowest BCUT2D eigenvalue weighted by Gasteiger charge is -2.12. The van der Waals surface area contributed by atoms with Crippen LogP contribution >= 0.6 is 0 Å². The number of benzene rings is 3. The number of nitrogens with two attached hydrogens (primary N) is 1. The minimum atomic E-state index is -0.702. The second-order valence-corrected chi connectivity index (χ2v) is 8.06. The highest BCUT2D eigenvalue weighted by Crippen LogP contribution is 2.49. The Balaban J connectivity index is 1.25. The van der Waals surface area contributed by atoms with Crippen molar-refractivity contribution in [3.63, 3.8) is 0 Å². The average molecular weight is 424 g/mol. The molecule has 0 spiro atoms. The Hall–Kier alpha value is -3.90. The molecule has 158 valence electrons. The fourth-order valence-electron chi connectivity index (χ4n) is 4.04.